The zero-order chi connectivity index (χ0) is 18.5. The van der Waals surface area contributed by atoms with Crippen LogP contribution in [0.2, 0.25) is 0 Å². The second-order valence-corrected chi connectivity index (χ2v) is 7.89. The maximum absolute atomic E-state index is 10.4. The van der Waals surface area contributed by atoms with Crippen LogP contribution in [-0.4, -0.2) is 11.1 Å². The van der Waals surface area contributed by atoms with Gasteiger partial charge in [-0.3, -0.25) is 4.79 Å². The molecule has 0 bridgehead atoms. The summed E-state index contributed by atoms with van der Waals surface area (Å²) in [5.74, 6) is -0.679. The Morgan fingerprint density at radius 1 is 0.792 bits per heavy atom. The number of carboxylic acids is 1. The summed E-state index contributed by atoms with van der Waals surface area (Å²) in [5, 5.41) is 8.58. The van der Waals surface area contributed by atoms with Gasteiger partial charge in [-0.2, -0.15) is 0 Å². The summed E-state index contributed by atoms with van der Waals surface area (Å²) in [4.78, 5) is 10.4. The standard InChI is InChI=1S/C22H38O2/c1-6-7-16-21(2,3)18-19-22(4,5)17-14-12-10-8-9-11-13-15-20(23)24/h7,14,16-19H,6,8-13,15H2,1-5H3,(H,23,24)/b16-7-,17-14-,19-18-. The molecular formula is C22H38O2. The van der Waals surface area contributed by atoms with Crippen LogP contribution < -0.4 is 0 Å². The molecule has 0 aromatic heterocycles. The molecule has 0 saturated heterocycles. The quantitative estimate of drug-likeness (QED) is 0.293. The number of unbranched alkanes of at least 4 members (excludes halogenated alkanes) is 5. The van der Waals surface area contributed by atoms with E-state index >= 15 is 0 Å². The van der Waals surface area contributed by atoms with Crippen LogP contribution in [0.25, 0.3) is 0 Å². The van der Waals surface area contributed by atoms with Crippen LogP contribution in [-0.2, 0) is 4.79 Å². The minimum absolute atomic E-state index is 0.0822. The summed E-state index contributed by atoms with van der Waals surface area (Å²) in [6, 6.07) is 0. The van der Waals surface area contributed by atoms with E-state index in [9.17, 15) is 4.79 Å². The van der Waals surface area contributed by atoms with Gasteiger partial charge in [0, 0.05) is 17.3 Å². The molecule has 0 radical (unpaired) electrons. The van der Waals surface area contributed by atoms with E-state index in [1.54, 1.807) is 0 Å². The first-order chi connectivity index (χ1) is 11.2. The highest BCUT2D eigenvalue weighted by Crippen LogP contribution is 2.26. The predicted molar refractivity (Wildman–Crippen MR) is 105 cm³/mol. The van der Waals surface area contributed by atoms with Crippen molar-refractivity contribution >= 4 is 5.97 Å². The molecule has 0 fully saturated rings. The molecule has 0 unspecified atom stereocenters. The Labute approximate surface area is 149 Å². The van der Waals surface area contributed by atoms with Crippen LogP contribution >= 0.6 is 0 Å². The maximum Gasteiger partial charge on any atom is 0.303 e. The Hall–Kier alpha value is -1.31. The molecule has 0 aliphatic carbocycles. The van der Waals surface area contributed by atoms with Crippen LogP contribution in [0.5, 0.6) is 0 Å². The van der Waals surface area contributed by atoms with Gasteiger partial charge in [0.15, 0.2) is 0 Å². The van der Waals surface area contributed by atoms with Crippen molar-refractivity contribution in [2.75, 3.05) is 0 Å². The van der Waals surface area contributed by atoms with Gasteiger partial charge in [0.1, 0.15) is 0 Å². The monoisotopic (exact) mass is 334 g/mol. The minimum atomic E-state index is -0.679. The molecule has 0 heterocycles. The number of hydrogen-bond donors (Lipinski definition) is 1. The number of aliphatic carboxylic acids is 1. The molecule has 0 spiro atoms. The summed E-state index contributed by atoms with van der Waals surface area (Å²) in [7, 11) is 0. The van der Waals surface area contributed by atoms with Gasteiger partial charge in [-0.05, 0) is 25.7 Å². The van der Waals surface area contributed by atoms with Gasteiger partial charge in [0.2, 0.25) is 0 Å². The van der Waals surface area contributed by atoms with Crippen molar-refractivity contribution in [2.24, 2.45) is 10.8 Å². The fourth-order valence-corrected chi connectivity index (χ4v) is 2.42. The molecule has 0 aromatic carbocycles. The van der Waals surface area contributed by atoms with Crippen LogP contribution in [0.1, 0.15) is 86.0 Å². The normalized spacial score (nSPS) is 13.5. The molecule has 2 heteroatoms. The first-order valence-corrected chi connectivity index (χ1v) is 9.46. The summed E-state index contributed by atoms with van der Waals surface area (Å²) in [6.07, 6.45) is 21.5. The topological polar surface area (TPSA) is 37.3 Å². The minimum Gasteiger partial charge on any atom is -0.481 e. The molecule has 0 rings (SSSR count). The second kappa shape index (κ2) is 12.1. The molecule has 2 nitrogen and oxygen atoms in total. The fraction of sp³-hybridized carbons (Fsp3) is 0.682. The van der Waals surface area contributed by atoms with Crippen molar-refractivity contribution in [3.63, 3.8) is 0 Å². The largest absolute Gasteiger partial charge is 0.481 e. The van der Waals surface area contributed by atoms with E-state index in [2.05, 4.69) is 71.1 Å². The SMILES string of the molecule is CC/C=C\C(C)(C)/C=C\C(C)(C)/C=C\CCCCCCCC(=O)O. The van der Waals surface area contributed by atoms with Crippen LogP contribution in [0.15, 0.2) is 36.5 Å². The van der Waals surface area contributed by atoms with Gasteiger partial charge in [-0.25, -0.2) is 0 Å². The molecule has 0 aliphatic heterocycles. The van der Waals surface area contributed by atoms with Gasteiger partial charge >= 0.3 is 5.97 Å². The molecule has 0 saturated carbocycles. The lowest BCUT2D eigenvalue weighted by Crippen LogP contribution is -2.07. The Bertz CT molecular complexity index is 425. The lowest BCUT2D eigenvalue weighted by Gasteiger charge is -2.20. The third-order valence-electron chi connectivity index (χ3n) is 4.03. The molecule has 24 heavy (non-hydrogen) atoms. The van der Waals surface area contributed by atoms with E-state index < -0.39 is 5.97 Å². The fourth-order valence-electron chi connectivity index (χ4n) is 2.42. The third-order valence-corrected chi connectivity index (χ3v) is 4.03. The zero-order valence-corrected chi connectivity index (χ0v) is 16.5. The zero-order valence-electron chi connectivity index (χ0n) is 16.5. The van der Waals surface area contributed by atoms with Crippen LogP contribution in [0, 0.1) is 10.8 Å². The van der Waals surface area contributed by atoms with Crippen molar-refractivity contribution in [1.82, 2.24) is 0 Å². The van der Waals surface area contributed by atoms with E-state index in [-0.39, 0.29) is 10.8 Å². The van der Waals surface area contributed by atoms with Crippen LogP contribution in [0.3, 0.4) is 0 Å². The second-order valence-electron chi connectivity index (χ2n) is 7.89. The van der Waals surface area contributed by atoms with Crippen LogP contribution in [0.4, 0.5) is 0 Å². The molecule has 138 valence electrons. The van der Waals surface area contributed by atoms with Crippen molar-refractivity contribution in [2.45, 2.75) is 86.0 Å². The smallest absolute Gasteiger partial charge is 0.303 e. The van der Waals surface area contributed by atoms with Gasteiger partial charge in [-0.1, -0.05) is 90.3 Å². The number of hydrogen-bond acceptors (Lipinski definition) is 1. The number of carbonyl (C=O) groups is 1. The summed E-state index contributed by atoms with van der Waals surface area (Å²) >= 11 is 0. The molecule has 0 aliphatic rings. The number of carboxylic acid groups (broad SMARTS) is 1. The first-order valence-electron chi connectivity index (χ1n) is 9.46. The Kier molecular flexibility index (Phi) is 11.4. The Morgan fingerprint density at radius 2 is 1.29 bits per heavy atom. The third kappa shape index (κ3) is 14.3. The highest BCUT2D eigenvalue weighted by Gasteiger charge is 2.13. The van der Waals surface area contributed by atoms with Crippen molar-refractivity contribution < 1.29 is 9.90 Å². The van der Waals surface area contributed by atoms with Gasteiger partial charge in [-0.15, -0.1) is 0 Å². The van der Waals surface area contributed by atoms with E-state index in [1.165, 1.54) is 12.8 Å². The van der Waals surface area contributed by atoms with E-state index in [0.717, 1.165) is 32.1 Å². The molecule has 0 atom stereocenters. The Balaban J connectivity index is 4.02. The van der Waals surface area contributed by atoms with Crippen molar-refractivity contribution in [3.05, 3.63) is 36.5 Å². The average Bonchev–Trinajstić information content (AvgIpc) is 2.49. The van der Waals surface area contributed by atoms with Gasteiger partial charge < -0.3 is 5.11 Å². The van der Waals surface area contributed by atoms with E-state index in [4.69, 9.17) is 5.11 Å². The molecule has 1 N–H and O–H groups in total. The molecular weight excluding hydrogens is 296 g/mol. The van der Waals surface area contributed by atoms with Crippen molar-refractivity contribution in [3.8, 4) is 0 Å². The van der Waals surface area contributed by atoms with Gasteiger partial charge in [0.25, 0.3) is 0 Å². The lowest BCUT2D eigenvalue weighted by atomic mass is 9.85. The number of allylic oxidation sites excluding steroid dienone is 6. The summed E-state index contributed by atoms with van der Waals surface area (Å²) in [6.45, 7) is 11.1. The maximum atomic E-state index is 10.4. The summed E-state index contributed by atoms with van der Waals surface area (Å²) < 4.78 is 0. The molecule has 0 amide bonds. The number of rotatable bonds is 13. The highest BCUT2D eigenvalue weighted by atomic mass is 16.4. The highest BCUT2D eigenvalue weighted by molar-refractivity contribution is 5.66. The first kappa shape index (κ1) is 22.7. The van der Waals surface area contributed by atoms with E-state index in [1.807, 2.05) is 0 Å². The van der Waals surface area contributed by atoms with Crippen molar-refractivity contribution in [1.29, 1.82) is 0 Å². The predicted octanol–water partition coefficient (Wildman–Crippen LogP) is 6.93. The average molecular weight is 335 g/mol. The lowest BCUT2D eigenvalue weighted by molar-refractivity contribution is -0.137. The molecule has 0 aromatic rings. The van der Waals surface area contributed by atoms with E-state index in [0.29, 0.717) is 6.42 Å². The summed E-state index contributed by atoms with van der Waals surface area (Å²) in [5.41, 5.74) is 0.190. The Morgan fingerprint density at radius 3 is 1.83 bits per heavy atom. The van der Waals surface area contributed by atoms with Gasteiger partial charge in [0.05, 0.1) is 0 Å².